The van der Waals surface area contributed by atoms with Crippen LogP contribution < -0.4 is 0 Å². The maximum Gasteiger partial charge on any atom is 0.673 e. The highest BCUT2D eigenvalue weighted by molar-refractivity contribution is 6.50. The number of hydrogen-bond acceptors (Lipinski definition) is 1. The zero-order valence-corrected chi connectivity index (χ0v) is 19.9. The monoisotopic (exact) mass is 484 g/mol. The first-order chi connectivity index (χ1) is 16.0. The molecule has 0 saturated heterocycles. The molecule has 0 amide bonds. The lowest BCUT2D eigenvalue weighted by atomic mass is 10.1. The van der Waals surface area contributed by atoms with Crippen LogP contribution >= 0.6 is 0 Å². The lowest BCUT2D eigenvalue weighted by molar-refractivity contribution is -0.519. The molecule has 2 nitrogen and oxygen atoms in total. The first kappa shape index (κ1) is 29.1. The first-order valence-corrected chi connectivity index (χ1v) is 11.2. The summed E-state index contributed by atoms with van der Waals surface area (Å²) >= 11 is 0. The van der Waals surface area contributed by atoms with E-state index in [1.807, 2.05) is 30.3 Å². The van der Waals surface area contributed by atoms with Crippen molar-refractivity contribution in [3.8, 4) is 0 Å². The number of benzene rings is 2. The summed E-state index contributed by atoms with van der Waals surface area (Å²) in [5.41, 5.74) is 4.05. The molecule has 0 spiro atoms. The van der Waals surface area contributed by atoms with E-state index in [1.165, 1.54) is 24.3 Å². The van der Waals surface area contributed by atoms with Crippen molar-refractivity contribution in [1.29, 1.82) is 0 Å². The highest BCUT2D eigenvalue weighted by Crippen LogP contribution is 2.20. The molecule has 0 saturated carbocycles. The Morgan fingerprint density at radius 1 is 0.765 bits per heavy atom. The van der Waals surface area contributed by atoms with Crippen LogP contribution in [-0.2, 0) is 0 Å². The van der Waals surface area contributed by atoms with Crippen LogP contribution in [0.2, 0.25) is 0 Å². The molecular formula is C25H31BF6N2. The lowest BCUT2D eigenvalue weighted by Crippen LogP contribution is -2.21. The molecule has 9 heteroatoms. The highest BCUT2D eigenvalue weighted by Gasteiger charge is 2.20. The van der Waals surface area contributed by atoms with Crippen molar-refractivity contribution in [2.45, 2.75) is 27.7 Å². The van der Waals surface area contributed by atoms with Crippen LogP contribution in [0.25, 0.3) is 5.70 Å². The Morgan fingerprint density at radius 2 is 1.18 bits per heavy atom. The normalized spacial score (nSPS) is 11.8. The lowest BCUT2D eigenvalue weighted by Gasteiger charge is -2.24. The summed E-state index contributed by atoms with van der Waals surface area (Å²) < 4.78 is 68.0. The van der Waals surface area contributed by atoms with Crippen molar-refractivity contribution < 1.29 is 30.6 Å². The van der Waals surface area contributed by atoms with Crippen molar-refractivity contribution in [3.05, 3.63) is 89.5 Å². The summed E-state index contributed by atoms with van der Waals surface area (Å²) in [6, 6.07) is 13.2. The fourth-order valence-electron chi connectivity index (χ4n) is 3.37. The van der Waals surface area contributed by atoms with E-state index >= 15 is 0 Å². The zero-order chi connectivity index (χ0) is 25.7. The number of nitrogens with zero attached hydrogens (tertiary/aromatic N) is 2. The fraction of sp³-hybridized carbons (Fsp3) is 0.320. The van der Waals surface area contributed by atoms with Gasteiger partial charge in [0.15, 0.2) is 0 Å². The fourth-order valence-corrected chi connectivity index (χ4v) is 3.37. The second-order valence-electron chi connectivity index (χ2n) is 7.15. The standard InChI is InChI=1S/C25H31F2N2.BF4/c1-5-28(6-2)24(20-12-16-22(26)17-13-20)10-9-11-25(29(7-3)8-4)21-14-18-23(27)19-15-21;2-1(3,4)5/h9-19H,5-8H2,1-4H3;/q+1;-1. The highest BCUT2D eigenvalue weighted by atomic mass is 19.5. The van der Waals surface area contributed by atoms with Gasteiger partial charge in [-0.2, -0.15) is 0 Å². The molecule has 0 N–H and O–H groups in total. The van der Waals surface area contributed by atoms with Crippen molar-refractivity contribution in [2.75, 3.05) is 26.2 Å². The predicted molar refractivity (Wildman–Crippen MR) is 128 cm³/mol. The maximum absolute atomic E-state index is 13.4. The van der Waals surface area contributed by atoms with Gasteiger partial charge in [0.1, 0.15) is 24.7 Å². The summed E-state index contributed by atoms with van der Waals surface area (Å²) in [5.74, 6) is -0.478. The van der Waals surface area contributed by atoms with Gasteiger partial charge in [-0.25, -0.2) is 13.4 Å². The van der Waals surface area contributed by atoms with Gasteiger partial charge in [0, 0.05) is 30.4 Å². The van der Waals surface area contributed by atoms with E-state index < -0.39 is 7.25 Å². The van der Waals surface area contributed by atoms with Crippen LogP contribution in [0, 0.1) is 11.6 Å². The molecule has 0 aliphatic rings. The molecular weight excluding hydrogens is 453 g/mol. The van der Waals surface area contributed by atoms with Crippen LogP contribution in [0.1, 0.15) is 38.8 Å². The molecule has 186 valence electrons. The van der Waals surface area contributed by atoms with E-state index in [4.69, 9.17) is 0 Å². The van der Waals surface area contributed by atoms with E-state index in [0.29, 0.717) is 0 Å². The Kier molecular flexibility index (Phi) is 12.3. The zero-order valence-electron chi connectivity index (χ0n) is 19.9. The summed E-state index contributed by atoms with van der Waals surface area (Å²) in [6.07, 6.45) is 6.15. The third kappa shape index (κ3) is 10.3. The number of halogens is 6. The van der Waals surface area contributed by atoms with Gasteiger partial charge in [0.2, 0.25) is 5.71 Å². The Bertz CT molecular complexity index is 948. The molecule has 0 fully saturated rings. The molecule has 2 rings (SSSR count). The molecule has 0 aromatic heterocycles. The van der Waals surface area contributed by atoms with Crippen LogP contribution in [0.15, 0.2) is 66.8 Å². The van der Waals surface area contributed by atoms with Gasteiger partial charge in [0.05, 0.1) is 0 Å². The predicted octanol–water partition coefficient (Wildman–Crippen LogP) is 7.05. The topological polar surface area (TPSA) is 6.25 Å². The van der Waals surface area contributed by atoms with Crippen molar-refractivity contribution in [1.82, 2.24) is 4.90 Å². The molecule has 34 heavy (non-hydrogen) atoms. The summed E-state index contributed by atoms with van der Waals surface area (Å²) in [4.78, 5) is 2.24. The van der Waals surface area contributed by atoms with Crippen molar-refractivity contribution >= 4 is 18.7 Å². The number of allylic oxidation sites excluding steroid dienone is 3. The Balaban J connectivity index is 0.00000104. The van der Waals surface area contributed by atoms with E-state index in [0.717, 1.165) is 48.7 Å². The quantitative estimate of drug-likeness (QED) is 0.122. The minimum Gasteiger partial charge on any atom is -0.418 e. The SMILES string of the molecule is CCN(CC)/C(=C/C=C/C(c1ccc(F)cc1)=[N+](CC)CC)c1ccc(F)cc1.F[B-](F)(F)F. The number of rotatable bonds is 9. The Morgan fingerprint density at radius 3 is 1.56 bits per heavy atom. The molecule has 0 unspecified atom stereocenters. The number of hydrogen-bond donors (Lipinski definition) is 0. The van der Waals surface area contributed by atoms with Gasteiger partial charge in [-0.1, -0.05) is 6.08 Å². The molecule has 0 aliphatic heterocycles. The minimum atomic E-state index is -6.00. The van der Waals surface area contributed by atoms with Crippen LogP contribution in [-0.4, -0.2) is 48.6 Å². The van der Waals surface area contributed by atoms with E-state index in [-0.39, 0.29) is 11.6 Å². The van der Waals surface area contributed by atoms with Gasteiger partial charge in [-0.05, 0) is 87.9 Å². The van der Waals surface area contributed by atoms with Crippen molar-refractivity contribution in [2.24, 2.45) is 0 Å². The molecule has 0 atom stereocenters. The smallest absolute Gasteiger partial charge is 0.418 e. The second-order valence-corrected chi connectivity index (χ2v) is 7.15. The summed E-state index contributed by atoms with van der Waals surface area (Å²) in [7, 11) is -6.00. The van der Waals surface area contributed by atoms with Gasteiger partial charge in [0.25, 0.3) is 0 Å². The largest absolute Gasteiger partial charge is 0.673 e. The van der Waals surface area contributed by atoms with Gasteiger partial charge in [-0.15, -0.1) is 0 Å². The molecule has 0 radical (unpaired) electrons. The maximum atomic E-state index is 13.4. The second kappa shape index (κ2) is 14.3. The van der Waals surface area contributed by atoms with Crippen LogP contribution in [0.3, 0.4) is 0 Å². The average molecular weight is 484 g/mol. The Labute approximate surface area is 198 Å². The molecule has 2 aromatic rings. The van der Waals surface area contributed by atoms with Gasteiger partial charge < -0.3 is 22.2 Å². The van der Waals surface area contributed by atoms with E-state index in [9.17, 15) is 26.0 Å². The molecule has 2 aromatic carbocycles. The minimum absolute atomic E-state index is 0.239. The molecule has 0 bridgehead atoms. The van der Waals surface area contributed by atoms with Crippen LogP contribution in [0.5, 0.6) is 0 Å². The van der Waals surface area contributed by atoms with Gasteiger partial charge in [-0.3, -0.25) is 0 Å². The van der Waals surface area contributed by atoms with Gasteiger partial charge >= 0.3 is 7.25 Å². The average Bonchev–Trinajstić information content (AvgIpc) is 2.78. The van der Waals surface area contributed by atoms with E-state index in [2.05, 4.69) is 49.3 Å². The van der Waals surface area contributed by atoms with E-state index in [1.54, 1.807) is 0 Å². The van der Waals surface area contributed by atoms with Crippen LogP contribution in [0.4, 0.5) is 26.0 Å². The third-order valence-electron chi connectivity index (χ3n) is 5.00. The molecule has 0 aliphatic carbocycles. The molecule has 0 heterocycles. The first-order valence-electron chi connectivity index (χ1n) is 11.2. The summed E-state index contributed by atoms with van der Waals surface area (Å²) in [5, 5.41) is 0. The third-order valence-corrected chi connectivity index (χ3v) is 5.00. The van der Waals surface area contributed by atoms with Crippen molar-refractivity contribution in [3.63, 3.8) is 0 Å². The Hall–Kier alpha value is -2.97. The summed E-state index contributed by atoms with van der Waals surface area (Å²) in [6.45, 7) is 11.9.